The van der Waals surface area contributed by atoms with Gasteiger partial charge >= 0.3 is 0 Å². The lowest BCUT2D eigenvalue weighted by molar-refractivity contribution is -0.135. The molecule has 1 amide bonds. The van der Waals surface area contributed by atoms with Gasteiger partial charge in [0.25, 0.3) is 15.9 Å². The molecule has 156 valence electrons. The number of nitrogens with one attached hydrogen (secondary N) is 1. The molecule has 1 fully saturated rings. The zero-order valence-corrected chi connectivity index (χ0v) is 17.4. The number of benzene rings is 1. The molecule has 1 heterocycles. The molecule has 0 radical (unpaired) electrons. The molecule has 0 aromatic heterocycles. The number of amides is 1. The van der Waals surface area contributed by atoms with Gasteiger partial charge in [-0.3, -0.25) is 9.59 Å². The number of hydrogen-bond acceptors (Lipinski definition) is 7. The van der Waals surface area contributed by atoms with E-state index in [2.05, 4.69) is 5.32 Å². The van der Waals surface area contributed by atoms with Gasteiger partial charge in [0.05, 0.1) is 24.6 Å². The van der Waals surface area contributed by atoms with E-state index in [1.165, 1.54) is 31.4 Å². The maximum absolute atomic E-state index is 13.4. The van der Waals surface area contributed by atoms with Gasteiger partial charge in [-0.05, 0) is 56.0 Å². The third kappa shape index (κ3) is 5.09. The Morgan fingerprint density at radius 3 is 2.54 bits per heavy atom. The fourth-order valence-electron chi connectivity index (χ4n) is 3.23. The molecule has 28 heavy (non-hydrogen) atoms. The van der Waals surface area contributed by atoms with Gasteiger partial charge in [0.15, 0.2) is 5.78 Å². The van der Waals surface area contributed by atoms with Gasteiger partial charge in [0.2, 0.25) is 0 Å². The first-order chi connectivity index (χ1) is 13.2. The van der Waals surface area contributed by atoms with Crippen LogP contribution in [0.5, 0.6) is 5.75 Å². The summed E-state index contributed by atoms with van der Waals surface area (Å²) in [4.78, 5) is 25.6. The molecule has 0 bridgehead atoms. The normalized spacial score (nSPS) is 19.2. The van der Waals surface area contributed by atoms with Crippen LogP contribution in [0.3, 0.4) is 0 Å². The van der Waals surface area contributed by atoms with Crippen molar-refractivity contribution in [1.82, 2.24) is 9.62 Å². The number of rotatable bonds is 7. The van der Waals surface area contributed by atoms with Crippen LogP contribution in [0, 0.1) is 5.92 Å². The summed E-state index contributed by atoms with van der Waals surface area (Å²) < 4.78 is 32.5. The smallest absolute Gasteiger partial charge is 0.267 e. The number of carbonyl (C=O) groups is 2. The Bertz CT molecular complexity index is 792. The predicted octanol–water partition coefficient (Wildman–Crippen LogP) is 0.907. The van der Waals surface area contributed by atoms with E-state index in [-0.39, 0.29) is 29.6 Å². The number of carbonyl (C=O) groups excluding carboxylic acids is 2. The van der Waals surface area contributed by atoms with E-state index >= 15 is 0 Å². The first kappa shape index (κ1) is 22.3. The van der Waals surface area contributed by atoms with Crippen molar-refractivity contribution < 1.29 is 22.7 Å². The summed E-state index contributed by atoms with van der Waals surface area (Å²) in [5.74, 6) is -0.483. The van der Waals surface area contributed by atoms with E-state index in [1.54, 1.807) is 0 Å². The molecular weight excluding hydrogens is 382 g/mol. The second-order valence-electron chi connectivity index (χ2n) is 7.35. The number of methoxy groups -OCH3 is 1. The fraction of sp³-hybridized carbons (Fsp3) is 0.579. The minimum absolute atomic E-state index is 0.0198. The third-order valence-electron chi connectivity index (χ3n) is 4.66. The molecule has 9 heteroatoms. The fourth-order valence-corrected chi connectivity index (χ4v) is 4.87. The van der Waals surface area contributed by atoms with Crippen LogP contribution in [-0.4, -0.2) is 56.7 Å². The maximum atomic E-state index is 13.4. The molecule has 1 unspecified atom stereocenters. The first-order valence-corrected chi connectivity index (χ1v) is 10.8. The second-order valence-corrected chi connectivity index (χ2v) is 9.17. The van der Waals surface area contributed by atoms with E-state index in [0.29, 0.717) is 25.1 Å². The molecule has 0 spiro atoms. The summed E-state index contributed by atoms with van der Waals surface area (Å²) in [5.41, 5.74) is 6.03. The molecule has 1 aromatic carbocycles. The molecule has 1 aliphatic heterocycles. The van der Waals surface area contributed by atoms with Crippen molar-refractivity contribution in [3.05, 3.63) is 24.3 Å². The molecule has 0 aliphatic carbocycles. The highest BCUT2D eigenvalue weighted by molar-refractivity contribution is 7.89. The predicted molar refractivity (Wildman–Crippen MR) is 105 cm³/mol. The standard InChI is InChI=1S/C19H29N3O5S/c1-13(2)11-16(20)19(24)22(17-5-4-10-21-12-18(17)23)28(25,26)15-8-6-14(27-3)7-9-15/h6-9,13,16-17,21H,4-5,10-12,20H2,1-3H3/t16-,17?/m0/s1. The van der Waals surface area contributed by atoms with Gasteiger partial charge < -0.3 is 15.8 Å². The Hall–Kier alpha value is -1.97. The summed E-state index contributed by atoms with van der Waals surface area (Å²) in [6, 6.07) is 3.66. The highest BCUT2D eigenvalue weighted by Gasteiger charge is 2.41. The van der Waals surface area contributed by atoms with E-state index in [4.69, 9.17) is 10.5 Å². The number of Topliss-reactive ketones (excluding diaryl/α,β-unsaturated/α-hetero) is 1. The summed E-state index contributed by atoms with van der Waals surface area (Å²) >= 11 is 0. The topological polar surface area (TPSA) is 119 Å². The number of nitrogens with two attached hydrogens (primary N) is 1. The Morgan fingerprint density at radius 2 is 1.96 bits per heavy atom. The van der Waals surface area contributed by atoms with Crippen LogP contribution in [-0.2, 0) is 19.6 Å². The monoisotopic (exact) mass is 411 g/mol. The van der Waals surface area contributed by atoms with Crippen molar-refractivity contribution in [2.45, 2.75) is 50.1 Å². The van der Waals surface area contributed by atoms with Crippen LogP contribution in [0.1, 0.15) is 33.1 Å². The van der Waals surface area contributed by atoms with E-state index < -0.39 is 28.0 Å². The lowest BCUT2D eigenvalue weighted by Gasteiger charge is -2.31. The highest BCUT2D eigenvalue weighted by atomic mass is 32.2. The molecule has 2 rings (SSSR count). The molecule has 1 aliphatic rings. The summed E-state index contributed by atoms with van der Waals surface area (Å²) in [6.07, 6.45) is 1.17. The van der Waals surface area contributed by atoms with E-state index in [9.17, 15) is 18.0 Å². The van der Waals surface area contributed by atoms with Gasteiger partial charge in [0, 0.05) is 0 Å². The zero-order valence-electron chi connectivity index (χ0n) is 16.6. The van der Waals surface area contributed by atoms with Crippen LogP contribution in [0.2, 0.25) is 0 Å². The minimum atomic E-state index is -4.26. The average Bonchev–Trinajstić information content (AvgIpc) is 2.86. The van der Waals surface area contributed by atoms with Crippen molar-refractivity contribution >= 4 is 21.7 Å². The maximum Gasteiger partial charge on any atom is 0.267 e. The number of ether oxygens (including phenoxy) is 1. The van der Waals surface area contributed by atoms with E-state index in [0.717, 1.165) is 4.31 Å². The van der Waals surface area contributed by atoms with Gasteiger partial charge in [-0.25, -0.2) is 12.7 Å². The number of sulfonamides is 1. The van der Waals surface area contributed by atoms with Crippen molar-refractivity contribution in [2.75, 3.05) is 20.2 Å². The number of ketones is 1. The Labute approximate surface area is 166 Å². The molecule has 3 N–H and O–H groups in total. The molecule has 1 aromatic rings. The summed E-state index contributed by atoms with van der Waals surface area (Å²) in [5, 5.41) is 2.96. The van der Waals surface area contributed by atoms with Crippen molar-refractivity contribution in [3.63, 3.8) is 0 Å². The first-order valence-electron chi connectivity index (χ1n) is 9.39. The van der Waals surface area contributed by atoms with Crippen molar-refractivity contribution in [2.24, 2.45) is 11.7 Å². The molecular formula is C19H29N3O5S. The molecule has 0 saturated carbocycles. The van der Waals surface area contributed by atoms with Crippen LogP contribution < -0.4 is 15.8 Å². The number of hydrogen-bond donors (Lipinski definition) is 2. The van der Waals surface area contributed by atoms with Crippen LogP contribution in [0.25, 0.3) is 0 Å². The third-order valence-corrected chi connectivity index (χ3v) is 6.48. The zero-order chi connectivity index (χ0) is 20.9. The highest BCUT2D eigenvalue weighted by Crippen LogP contribution is 2.25. The van der Waals surface area contributed by atoms with Crippen LogP contribution in [0.4, 0.5) is 0 Å². The van der Waals surface area contributed by atoms with Gasteiger partial charge in [-0.2, -0.15) is 0 Å². The largest absolute Gasteiger partial charge is 0.497 e. The Balaban J connectivity index is 2.48. The lowest BCUT2D eigenvalue weighted by atomic mass is 10.0. The van der Waals surface area contributed by atoms with Crippen molar-refractivity contribution in [1.29, 1.82) is 0 Å². The molecule has 2 atom stereocenters. The van der Waals surface area contributed by atoms with Crippen molar-refractivity contribution in [3.8, 4) is 5.75 Å². The quantitative estimate of drug-likeness (QED) is 0.684. The summed E-state index contributed by atoms with van der Waals surface area (Å²) in [6.45, 7) is 4.41. The summed E-state index contributed by atoms with van der Waals surface area (Å²) in [7, 11) is -2.78. The molecule has 8 nitrogen and oxygen atoms in total. The molecule has 1 saturated heterocycles. The Kier molecular flexibility index (Phi) is 7.56. The second kappa shape index (κ2) is 9.49. The van der Waals surface area contributed by atoms with Crippen LogP contribution >= 0.6 is 0 Å². The average molecular weight is 412 g/mol. The van der Waals surface area contributed by atoms with Gasteiger partial charge in [-0.1, -0.05) is 13.8 Å². The van der Waals surface area contributed by atoms with Crippen LogP contribution in [0.15, 0.2) is 29.2 Å². The lowest BCUT2D eigenvalue weighted by Crippen LogP contribution is -2.54. The van der Waals surface area contributed by atoms with Gasteiger partial charge in [0.1, 0.15) is 11.8 Å². The SMILES string of the molecule is COc1ccc(S(=O)(=O)N(C(=O)[C@@H](N)CC(C)C)C2CCCNCC2=O)cc1. The number of nitrogens with zero attached hydrogens (tertiary/aromatic N) is 1. The minimum Gasteiger partial charge on any atom is -0.497 e. The Morgan fingerprint density at radius 1 is 1.32 bits per heavy atom. The van der Waals surface area contributed by atoms with Gasteiger partial charge in [-0.15, -0.1) is 0 Å². The van der Waals surface area contributed by atoms with E-state index in [1.807, 2.05) is 13.8 Å².